The predicted molar refractivity (Wildman–Crippen MR) is 99.1 cm³/mol. The van der Waals surface area contributed by atoms with E-state index in [9.17, 15) is 13.2 Å². The van der Waals surface area contributed by atoms with Crippen molar-refractivity contribution in [1.29, 1.82) is 0 Å². The molecule has 8 heteroatoms. The number of ether oxygens (including phenoxy) is 1. The van der Waals surface area contributed by atoms with E-state index >= 15 is 0 Å². The largest absolute Gasteiger partial charge is 0.496 e. The summed E-state index contributed by atoms with van der Waals surface area (Å²) in [7, 11) is -1.35. The number of anilines is 1. The molecule has 0 spiro atoms. The van der Waals surface area contributed by atoms with Crippen LogP contribution in [0.5, 0.6) is 5.75 Å². The number of carbonyl (C=O) groups is 1. The van der Waals surface area contributed by atoms with E-state index in [-0.39, 0.29) is 23.5 Å². The molecule has 0 saturated carbocycles. The number of nitrogens with zero attached hydrogens (tertiary/aromatic N) is 1. The van der Waals surface area contributed by atoms with Crippen molar-refractivity contribution < 1.29 is 17.9 Å². The molecule has 138 valence electrons. The van der Waals surface area contributed by atoms with Gasteiger partial charge in [0.05, 0.1) is 30.5 Å². The summed E-state index contributed by atoms with van der Waals surface area (Å²) in [6, 6.07) is 10.7. The Balaban J connectivity index is 1.57. The number of pyridine rings is 1. The molecule has 1 saturated heterocycles. The van der Waals surface area contributed by atoms with Crippen LogP contribution in [-0.2, 0) is 16.4 Å². The third kappa shape index (κ3) is 4.51. The molecule has 26 heavy (non-hydrogen) atoms. The average Bonchev–Trinajstić information content (AvgIpc) is 2.99. The van der Waals surface area contributed by atoms with Gasteiger partial charge >= 0.3 is 0 Å². The quantitative estimate of drug-likeness (QED) is 0.796. The van der Waals surface area contributed by atoms with Gasteiger partial charge in [-0.15, -0.1) is 0 Å². The first-order valence-electron chi connectivity index (χ1n) is 8.30. The minimum absolute atomic E-state index is 0.105. The summed E-state index contributed by atoms with van der Waals surface area (Å²) in [6.07, 6.45) is 2.13. The maximum Gasteiger partial charge on any atom is 0.270 e. The van der Waals surface area contributed by atoms with Crippen LogP contribution in [0.3, 0.4) is 0 Å². The number of rotatable bonds is 6. The van der Waals surface area contributed by atoms with Crippen molar-refractivity contribution in [1.82, 2.24) is 10.3 Å². The van der Waals surface area contributed by atoms with Crippen molar-refractivity contribution in [2.45, 2.75) is 19.0 Å². The van der Waals surface area contributed by atoms with Gasteiger partial charge in [0.1, 0.15) is 11.4 Å². The molecule has 1 unspecified atom stereocenters. The normalized spacial score (nSPS) is 18.3. The van der Waals surface area contributed by atoms with Crippen molar-refractivity contribution in [3.63, 3.8) is 0 Å². The number of sulfone groups is 1. The Labute approximate surface area is 152 Å². The highest BCUT2D eigenvalue weighted by Crippen LogP contribution is 2.18. The number of hydrogen-bond donors (Lipinski definition) is 2. The van der Waals surface area contributed by atoms with E-state index in [0.29, 0.717) is 30.1 Å². The minimum atomic E-state index is -2.93. The maximum atomic E-state index is 12.2. The van der Waals surface area contributed by atoms with E-state index in [0.717, 1.165) is 5.56 Å². The van der Waals surface area contributed by atoms with E-state index in [1.807, 2.05) is 24.3 Å². The van der Waals surface area contributed by atoms with Gasteiger partial charge in [-0.2, -0.15) is 0 Å². The molecule has 1 amide bonds. The highest BCUT2D eigenvalue weighted by atomic mass is 32.2. The summed E-state index contributed by atoms with van der Waals surface area (Å²) in [5, 5.41) is 5.96. The second-order valence-electron chi connectivity index (χ2n) is 6.17. The van der Waals surface area contributed by atoms with Gasteiger partial charge < -0.3 is 15.4 Å². The number of aromatic nitrogens is 1. The Bertz CT molecular complexity index is 882. The fraction of sp³-hybridized carbons (Fsp3) is 0.333. The number of carbonyl (C=O) groups excluding carboxylic acids is 1. The molecule has 0 aliphatic carbocycles. The molecule has 7 nitrogen and oxygen atoms in total. The molecular weight excluding hydrogens is 354 g/mol. The summed E-state index contributed by atoms with van der Waals surface area (Å²) in [4.78, 5) is 16.4. The molecule has 0 radical (unpaired) electrons. The van der Waals surface area contributed by atoms with Crippen LogP contribution in [-0.4, -0.2) is 44.0 Å². The SMILES string of the molecule is COc1ccccc1CNC(=O)c1ccc(NC2CCS(=O)(=O)C2)cn1. The number of amides is 1. The molecule has 2 aromatic rings. The Morgan fingerprint density at radius 1 is 1.27 bits per heavy atom. The van der Waals surface area contributed by atoms with Crippen molar-refractivity contribution in [2.24, 2.45) is 0 Å². The standard InChI is InChI=1S/C18H21N3O4S/c1-25-17-5-3-2-4-13(17)10-20-18(22)16-7-6-14(11-19-16)21-15-8-9-26(23,24)12-15/h2-7,11,15,21H,8-10,12H2,1H3,(H,20,22). The summed E-state index contributed by atoms with van der Waals surface area (Å²) >= 11 is 0. The third-order valence-corrected chi connectivity index (χ3v) is 6.00. The lowest BCUT2D eigenvalue weighted by molar-refractivity contribution is 0.0945. The topological polar surface area (TPSA) is 97.4 Å². The third-order valence-electron chi connectivity index (χ3n) is 4.23. The Kier molecular flexibility index (Phi) is 5.41. The fourth-order valence-corrected chi connectivity index (χ4v) is 4.55. The Morgan fingerprint density at radius 2 is 2.08 bits per heavy atom. The zero-order valence-corrected chi connectivity index (χ0v) is 15.3. The average molecular weight is 375 g/mol. The molecule has 0 bridgehead atoms. The van der Waals surface area contributed by atoms with E-state index in [4.69, 9.17) is 4.74 Å². The van der Waals surface area contributed by atoms with Crippen molar-refractivity contribution in [2.75, 3.05) is 23.9 Å². The van der Waals surface area contributed by atoms with Crippen LogP contribution in [0.25, 0.3) is 0 Å². The van der Waals surface area contributed by atoms with Gasteiger partial charge in [0, 0.05) is 18.2 Å². The molecule has 1 aliphatic rings. The lowest BCUT2D eigenvalue weighted by Crippen LogP contribution is -2.24. The number of hydrogen-bond acceptors (Lipinski definition) is 6. The van der Waals surface area contributed by atoms with Crippen molar-refractivity contribution in [3.8, 4) is 5.75 Å². The predicted octanol–water partition coefficient (Wildman–Crippen LogP) is 1.62. The minimum Gasteiger partial charge on any atom is -0.496 e. The summed E-state index contributed by atoms with van der Waals surface area (Å²) in [5.74, 6) is 0.771. The van der Waals surface area contributed by atoms with Gasteiger partial charge in [0.2, 0.25) is 0 Å². The molecule has 2 N–H and O–H groups in total. The van der Waals surface area contributed by atoms with Gasteiger partial charge in [-0.25, -0.2) is 13.4 Å². The van der Waals surface area contributed by atoms with Crippen LogP contribution in [0.2, 0.25) is 0 Å². The maximum absolute atomic E-state index is 12.2. The Morgan fingerprint density at radius 3 is 2.73 bits per heavy atom. The molecule has 1 aliphatic heterocycles. The molecule has 1 fully saturated rings. The first-order valence-corrected chi connectivity index (χ1v) is 10.1. The van der Waals surface area contributed by atoms with Crippen LogP contribution in [0.4, 0.5) is 5.69 Å². The van der Waals surface area contributed by atoms with E-state index in [1.54, 1.807) is 25.4 Å². The molecule has 3 rings (SSSR count). The van der Waals surface area contributed by atoms with E-state index < -0.39 is 9.84 Å². The van der Waals surface area contributed by atoms with Crippen LogP contribution in [0, 0.1) is 0 Å². The van der Waals surface area contributed by atoms with Crippen LogP contribution in [0.15, 0.2) is 42.6 Å². The molecular formula is C18H21N3O4S. The van der Waals surface area contributed by atoms with Crippen LogP contribution in [0.1, 0.15) is 22.5 Å². The summed E-state index contributed by atoms with van der Waals surface area (Å²) < 4.78 is 28.2. The summed E-state index contributed by atoms with van der Waals surface area (Å²) in [5.41, 5.74) is 1.88. The van der Waals surface area contributed by atoms with Gasteiger partial charge in [-0.05, 0) is 24.6 Å². The van der Waals surface area contributed by atoms with Crippen LogP contribution >= 0.6 is 0 Å². The van der Waals surface area contributed by atoms with Gasteiger partial charge in [0.25, 0.3) is 5.91 Å². The molecule has 1 atom stereocenters. The lowest BCUT2D eigenvalue weighted by Gasteiger charge is -2.12. The number of nitrogens with one attached hydrogen (secondary N) is 2. The zero-order valence-electron chi connectivity index (χ0n) is 14.4. The Hall–Kier alpha value is -2.61. The van der Waals surface area contributed by atoms with Gasteiger partial charge in [-0.1, -0.05) is 18.2 Å². The van der Waals surface area contributed by atoms with Crippen molar-refractivity contribution >= 4 is 21.4 Å². The van der Waals surface area contributed by atoms with Crippen LogP contribution < -0.4 is 15.4 Å². The highest BCUT2D eigenvalue weighted by molar-refractivity contribution is 7.91. The second-order valence-corrected chi connectivity index (χ2v) is 8.40. The van der Waals surface area contributed by atoms with E-state index in [1.165, 1.54) is 0 Å². The first-order chi connectivity index (χ1) is 12.5. The smallest absolute Gasteiger partial charge is 0.270 e. The first kappa shape index (κ1) is 18.2. The van der Waals surface area contributed by atoms with Gasteiger partial charge in [0.15, 0.2) is 9.84 Å². The number of benzene rings is 1. The number of para-hydroxylation sites is 1. The van der Waals surface area contributed by atoms with Gasteiger partial charge in [-0.3, -0.25) is 4.79 Å². The summed E-state index contributed by atoms with van der Waals surface area (Å²) in [6.45, 7) is 0.338. The molecule has 1 aromatic heterocycles. The molecule has 1 aromatic carbocycles. The zero-order chi connectivity index (χ0) is 18.6. The molecule has 2 heterocycles. The lowest BCUT2D eigenvalue weighted by atomic mass is 10.2. The fourth-order valence-electron chi connectivity index (χ4n) is 2.87. The van der Waals surface area contributed by atoms with E-state index in [2.05, 4.69) is 15.6 Å². The van der Waals surface area contributed by atoms with Crippen molar-refractivity contribution in [3.05, 3.63) is 53.9 Å². The highest BCUT2D eigenvalue weighted by Gasteiger charge is 2.27. The number of methoxy groups -OCH3 is 1. The second kappa shape index (κ2) is 7.74. The monoisotopic (exact) mass is 375 g/mol.